The molecule has 1 amide bonds. The van der Waals surface area contributed by atoms with Gasteiger partial charge in [-0.3, -0.25) is 9.48 Å². The molecule has 42 heavy (non-hydrogen) atoms. The first-order valence-corrected chi connectivity index (χ1v) is 17.8. The zero-order valence-corrected chi connectivity index (χ0v) is 27.2. The van der Waals surface area contributed by atoms with Gasteiger partial charge in [0, 0.05) is 19.8 Å². The molecular weight excluding hydrogens is 526 g/mol. The molecule has 0 unspecified atom stereocenters. The van der Waals surface area contributed by atoms with Gasteiger partial charge in [0.15, 0.2) is 0 Å². The zero-order valence-electron chi connectivity index (χ0n) is 27.2. The fourth-order valence-corrected chi connectivity index (χ4v) is 6.25. The van der Waals surface area contributed by atoms with E-state index in [4.69, 9.17) is 4.74 Å². The minimum atomic E-state index is -0.395. The lowest BCUT2D eigenvalue weighted by molar-refractivity contribution is -0.0786. The summed E-state index contributed by atoms with van der Waals surface area (Å²) in [6, 6.07) is 1.74. The third kappa shape index (κ3) is 16.4. The van der Waals surface area contributed by atoms with Crippen molar-refractivity contribution in [3.8, 4) is 0 Å². The predicted molar refractivity (Wildman–Crippen MR) is 173 cm³/mol. The number of aliphatic hydroxyl groups is 2. The van der Waals surface area contributed by atoms with E-state index < -0.39 is 6.10 Å². The normalized spacial score (nSPS) is 18.4. The molecule has 0 bridgehead atoms. The number of carbonyl (C=O) groups excluding carboxylic acids is 1. The van der Waals surface area contributed by atoms with Gasteiger partial charge in [0.2, 0.25) is 0 Å². The molecule has 1 fully saturated rings. The van der Waals surface area contributed by atoms with Gasteiger partial charge < -0.3 is 20.3 Å². The Balaban J connectivity index is 1.34. The Bertz CT molecular complexity index is 786. The third-order valence-electron chi connectivity index (χ3n) is 9.06. The van der Waals surface area contributed by atoms with Gasteiger partial charge >= 0.3 is 0 Å². The van der Waals surface area contributed by atoms with Crippen molar-refractivity contribution in [1.82, 2.24) is 15.1 Å². The molecule has 1 aromatic rings. The summed E-state index contributed by atoms with van der Waals surface area (Å²) >= 11 is 0. The van der Waals surface area contributed by atoms with Gasteiger partial charge in [0.05, 0.1) is 24.4 Å². The molecule has 1 aromatic heterocycles. The van der Waals surface area contributed by atoms with E-state index in [2.05, 4.69) is 17.3 Å². The Kier molecular flexibility index (Phi) is 21.0. The van der Waals surface area contributed by atoms with Gasteiger partial charge in [-0.05, 0) is 38.2 Å². The molecule has 0 saturated carbocycles. The lowest BCUT2D eigenvalue weighted by Gasteiger charge is -2.22. The number of aromatic nitrogens is 2. The number of unbranched alkanes of at least 4 members (excludes halogenated alkanes) is 18. The minimum Gasteiger partial charge on any atom is -0.390 e. The number of rotatable bonds is 27. The molecular formula is C35H65N3O4. The van der Waals surface area contributed by atoms with E-state index in [0.29, 0.717) is 5.69 Å². The number of carbonyl (C=O) groups is 1. The average Bonchev–Trinajstić information content (AvgIpc) is 3.66. The Morgan fingerprint density at radius 3 is 1.64 bits per heavy atom. The minimum absolute atomic E-state index is 0.0453. The van der Waals surface area contributed by atoms with Crippen molar-refractivity contribution in [2.75, 3.05) is 6.54 Å². The van der Waals surface area contributed by atoms with E-state index in [-0.39, 0.29) is 24.2 Å². The van der Waals surface area contributed by atoms with Crippen LogP contribution in [0.1, 0.15) is 172 Å². The van der Waals surface area contributed by atoms with Gasteiger partial charge in [0.25, 0.3) is 5.91 Å². The molecule has 2 heterocycles. The van der Waals surface area contributed by atoms with Crippen molar-refractivity contribution >= 4 is 5.91 Å². The Morgan fingerprint density at radius 1 is 0.786 bits per heavy atom. The summed E-state index contributed by atoms with van der Waals surface area (Å²) < 4.78 is 7.69. The second kappa shape index (κ2) is 23.9. The van der Waals surface area contributed by atoms with Crippen molar-refractivity contribution in [3.05, 3.63) is 18.0 Å². The van der Waals surface area contributed by atoms with Crippen LogP contribution in [0.4, 0.5) is 0 Å². The van der Waals surface area contributed by atoms with Crippen molar-refractivity contribution in [1.29, 1.82) is 0 Å². The molecule has 7 nitrogen and oxygen atoms in total. The number of aryl methyl sites for hydroxylation is 1. The SMILES string of the molecule is CCCCCCCCCCCC[C@@H](O)[C@H]1CC[C@H]([C@H](O)CCCCCCCCCCCCNC(=O)c2ccnn2C)O1. The molecule has 0 radical (unpaired) electrons. The first kappa shape index (κ1) is 36.8. The maximum Gasteiger partial charge on any atom is 0.269 e. The van der Waals surface area contributed by atoms with Gasteiger partial charge in [-0.1, -0.05) is 129 Å². The van der Waals surface area contributed by atoms with Gasteiger partial charge in [-0.15, -0.1) is 0 Å². The largest absolute Gasteiger partial charge is 0.390 e. The lowest BCUT2D eigenvalue weighted by Crippen LogP contribution is -2.31. The van der Waals surface area contributed by atoms with Crippen LogP contribution >= 0.6 is 0 Å². The van der Waals surface area contributed by atoms with Crippen LogP contribution in [-0.4, -0.2) is 56.9 Å². The standard InChI is InChI=1S/C35H65N3O4/c1-3-4-5-6-7-8-11-14-17-20-23-31(39)33-25-26-34(42-33)32(40)24-21-18-15-12-9-10-13-16-19-22-28-36-35(41)30-27-29-37-38(30)2/h27,29,31-34,39-40H,3-26,28H2,1-2H3,(H,36,41)/t31-,32-,33-,34-/m1/s1. The quantitative estimate of drug-likeness (QED) is 0.0900. The summed E-state index contributed by atoms with van der Waals surface area (Å²) in [5.41, 5.74) is 0.606. The monoisotopic (exact) mass is 591 g/mol. The second-order valence-corrected chi connectivity index (χ2v) is 12.8. The number of ether oxygens (including phenoxy) is 1. The van der Waals surface area contributed by atoms with Gasteiger partial charge in [0.1, 0.15) is 5.69 Å². The molecule has 1 saturated heterocycles. The highest BCUT2D eigenvalue weighted by Crippen LogP contribution is 2.28. The molecule has 0 aromatic carbocycles. The van der Waals surface area contributed by atoms with Gasteiger partial charge in [-0.25, -0.2) is 0 Å². The zero-order chi connectivity index (χ0) is 30.3. The number of nitrogens with zero attached hydrogens (tertiary/aromatic N) is 2. The highest BCUT2D eigenvalue weighted by Gasteiger charge is 2.33. The summed E-state index contributed by atoms with van der Waals surface area (Å²) in [4.78, 5) is 12.0. The summed E-state index contributed by atoms with van der Waals surface area (Å²) in [6.45, 7) is 2.99. The van der Waals surface area contributed by atoms with Crippen molar-refractivity contribution in [2.45, 2.75) is 185 Å². The fraction of sp³-hybridized carbons (Fsp3) is 0.886. The maximum atomic E-state index is 12.0. The number of amides is 1. The fourth-order valence-electron chi connectivity index (χ4n) is 6.25. The Morgan fingerprint density at radius 2 is 1.21 bits per heavy atom. The molecule has 1 aliphatic heterocycles. The first-order valence-electron chi connectivity index (χ1n) is 17.8. The molecule has 4 atom stereocenters. The third-order valence-corrected chi connectivity index (χ3v) is 9.06. The summed E-state index contributed by atoms with van der Waals surface area (Å²) in [5, 5.41) is 28.2. The summed E-state index contributed by atoms with van der Waals surface area (Å²) in [7, 11) is 1.78. The molecule has 1 aliphatic rings. The van der Waals surface area contributed by atoms with E-state index in [0.717, 1.165) is 57.9 Å². The highest BCUT2D eigenvalue weighted by molar-refractivity contribution is 5.92. The lowest BCUT2D eigenvalue weighted by atomic mass is 10.00. The molecule has 2 rings (SSSR count). The molecule has 7 heteroatoms. The number of hydrogen-bond acceptors (Lipinski definition) is 5. The van der Waals surface area contributed by atoms with E-state index >= 15 is 0 Å². The average molecular weight is 592 g/mol. The molecule has 0 spiro atoms. The van der Waals surface area contributed by atoms with Crippen LogP contribution in [-0.2, 0) is 11.8 Å². The van der Waals surface area contributed by atoms with Crippen LogP contribution in [0.2, 0.25) is 0 Å². The second-order valence-electron chi connectivity index (χ2n) is 12.8. The Hall–Kier alpha value is -1.44. The summed E-state index contributed by atoms with van der Waals surface area (Å²) in [5.74, 6) is -0.0453. The van der Waals surface area contributed by atoms with Crippen LogP contribution in [0.5, 0.6) is 0 Å². The van der Waals surface area contributed by atoms with E-state index in [1.54, 1.807) is 24.0 Å². The van der Waals surface area contributed by atoms with E-state index in [1.807, 2.05) is 0 Å². The topological polar surface area (TPSA) is 96.6 Å². The first-order chi connectivity index (χ1) is 20.5. The molecule has 3 N–H and O–H groups in total. The van der Waals surface area contributed by atoms with Crippen molar-refractivity contribution < 1.29 is 19.7 Å². The smallest absolute Gasteiger partial charge is 0.269 e. The van der Waals surface area contributed by atoms with Crippen LogP contribution in [0.25, 0.3) is 0 Å². The van der Waals surface area contributed by atoms with Gasteiger partial charge in [-0.2, -0.15) is 5.10 Å². The van der Waals surface area contributed by atoms with Crippen LogP contribution in [0.3, 0.4) is 0 Å². The van der Waals surface area contributed by atoms with Crippen LogP contribution < -0.4 is 5.32 Å². The van der Waals surface area contributed by atoms with E-state index in [9.17, 15) is 15.0 Å². The van der Waals surface area contributed by atoms with Crippen LogP contribution in [0.15, 0.2) is 12.3 Å². The van der Waals surface area contributed by atoms with Crippen LogP contribution in [0, 0.1) is 0 Å². The molecule has 0 aliphatic carbocycles. The number of aliphatic hydroxyl groups excluding tert-OH is 2. The highest BCUT2D eigenvalue weighted by atomic mass is 16.5. The summed E-state index contributed by atoms with van der Waals surface area (Å²) in [6.07, 6.45) is 29.1. The van der Waals surface area contributed by atoms with Crippen molar-refractivity contribution in [3.63, 3.8) is 0 Å². The maximum absolute atomic E-state index is 12.0. The number of nitrogens with one attached hydrogen (secondary N) is 1. The molecule has 244 valence electrons. The number of hydrogen-bond donors (Lipinski definition) is 3. The Labute approximate surface area is 257 Å². The van der Waals surface area contributed by atoms with Crippen molar-refractivity contribution in [2.24, 2.45) is 7.05 Å². The predicted octanol–water partition coefficient (Wildman–Crippen LogP) is 8.02. The van der Waals surface area contributed by atoms with E-state index in [1.165, 1.54) is 103 Å².